The Balaban J connectivity index is 1.70. The molecule has 4 aliphatic rings. The number of methoxy groups -OCH3 is 1. The van der Waals surface area contributed by atoms with Gasteiger partial charge in [-0.15, -0.1) is 0 Å². The van der Waals surface area contributed by atoms with Crippen LogP contribution < -0.4 is 0 Å². The van der Waals surface area contributed by atoms with E-state index in [1.165, 1.54) is 0 Å². The van der Waals surface area contributed by atoms with Gasteiger partial charge in [-0.25, -0.2) is 9.18 Å². The number of amides is 1. The Bertz CT molecular complexity index is 1740. The van der Waals surface area contributed by atoms with Gasteiger partial charge in [0.2, 0.25) is 5.79 Å². The van der Waals surface area contributed by atoms with Gasteiger partial charge in [0.1, 0.15) is 29.9 Å². The van der Waals surface area contributed by atoms with Crippen molar-refractivity contribution in [3.63, 3.8) is 0 Å². The number of fused-ring (bicyclic) bond motifs is 3. The molecule has 15 atom stereocenters. The molecular formula is C50H76FNO12. The third-order valence-corrected chi connectivity index (χ3v) is 14.3. The fourth-order valence-corrected chi connectivity index (χ4v) is 9.96. The fourth-order valence-electron chi connectivity index (χ4n) is 9.96. The smallest absolute Gasteiger partial charge is 0.329 e. The molecule has 4 rings (SSSR count). The first-order chi connectivity index (χ1) is 30.2. The van der Waals surface area contributed by atoms with Crippen LogP contribution in [0, 0.1) is 41.4 Å². The number of ketones is 3. The van der Waals surface area contributed by atoms with Gasteiger partial charge < -0.3 is 39.5 Å². The Kier molecular flexibility index (Phi) is 20.3. The molecule has 0 aromatic heterocycles. The molecule has 0 radical (unpaired) electrons. The molecule has 2 saturated heterocycles. The van der Waals surface area contributed by atoms with Gasteiger partial charge in [0.15, 0.2) is 0 Å². The Morgan fingerprint density at radius 3 is 2.31 bits per heavy atom. The molecule has 0 aromatic rings. The van der Waals surface area contributed by atoms with Crippen LogP contribution in [0.3, 0.4) is 0 Å². The number of rotatable bonds is 5. The summed E-state index contributed by atoms with van der Waals surface area (Å²) in [5, 5.41) is 43.6. The van der Waals surface area contributed by atoms with Gasteiger partial charge in [0.05, 0.1) is 36.9 Å². The molecule has 3 aliphatic heterocycles. The van der Waals surface area contributed by atoms with E-state index >= 15 is 0 Å². The predicted molar refractivity (Wildman–Crippen MR) is 239 cm³/mol. The summed E-state index contributed by atoms with van der Waals surface area (Å²) in [5.41, 5.74) is 1.18. The minimum Gasteiger partial charge on any atom is -0.460 e. The van der Waals surface area contributed by atoms with Crippen molar-refractivity contribution in [2.45, 2.75) is 174 Å². The average molecular weight is 902 g/mol. The van der Waals surface area contributed by atoms with Gasteiger partial charge in [-0.1, -0.05) is 71.1 Å². The molecular weight excluding hydrogens is 826 g/mol. The number of cyclic esters (lactones) is 1. The summed E-state index contributed by atoms with van der Waals surface area (Å²) in [6, 6.07) is -1.19. The maximum absolute atomic E-state index is 14.7. The molecule has 3 fully saturated rings. The van der Waals surface area contributed by atoms with Crippen LogP contribution in [0.2, 0.25) is 0 Å². The number of piperidine rings is 1. The topological polar surface area (TPSA) is 197 Å². The third-order valence-electron chi connectivity index (χ3n) is 14.3. The number of esters is 1. The summed E-state index contributed by atoms with van der Waals surface area (Å²) >= 11 is 0. The number of carbonyl (C=O) groups is 5. The van der Waals surface area contributed by atoms with E-state index in [4.69, 9.17) is 14.2 Å². The number of ether oxygens (including phenoxy) is 3. The number of aliphatic hydroxyl groups excluding tert-OH is 3. The second-order valence-corrected chi connectivity index (χ2v) is 19.5. The van der Waals surface area contributed by atoms with E-state index in [2.05, 4.69) is 0 Å². The number of nitrogens with zero attached hydrogens (tertiary/aromatic N) is 1. The first kappa shape index (κ1) is 53.2. The molecule has 14 heteroatoms. The number of hydrogen-bond acceptors (Lipinski definition) is 12. The Labute approximate surface area is 379 Å². The summed E-state index contributed by atoms with van der Waals surface area (Å²) < 4.78 is 32.7. The van der Waals surface area contributed by atoms with Crippen molar-refractivity contribution in [3.05, 3.63) is 47.6 Å². The number of carbonyl (C=O) groups excluding carboxylic acids is 5. The molecule has 0 unspecified atom stereocenters. The zero-order valence-corrected chi connectivity index (χ0v) is 39.3. The zero-order chi connectivity index (χ0) is 47.5. The summed E-state index contributed by atoms with van der Waals surface area (Å²) in [5.74, 6) is -9.92. The summed E-state index contributed by atoms with van der Waals surface area (Å²) in [4.78, 5) is 71.3. The number of allylic oxidation sites excluding steroid dienone is 6. The maximum Gasteiger partial charge on any atom is 0.329 e. The van der Waals surface area contributed by atoms with E-state index in [-0.39, 0.29) is 55.6 Å². The Morgan fingerprint density at radius 2 is 1.64 bits per heavy atom. The van der Waals surface area contributed by atoms with Gasteiger partial charge in [-0.05, 0) is 107 Å². The molecule has 1 aliphatic carbocycles. The van der Waals surface area contributed by atoms with Crippen LogP contribution in [0.5, 0.6) is 0 Å². The second kappa shape index (κ2) is 24.4. The highest BCUT2D eigenvalue weighted by atomic mass is 19.1. The molecule has 1 saturated carbocycles. The van der Waals surface area contributed by atoms with Crippen molar-refractivity contribution in [1.82, 2.24) is 4.90 Å². The van der Waals surface area contributed by atoms with E-state index in [0.29, 0.717) is 56.9 Å². The van der Waals surface area contributed by atoms with Gasteiger partial charge in [-0.3, -0.25) is 19.2 Å². The first-order valence-electron chi connectivity index (χ1n) is 23.6. The van der Waals surface area contributed by atoms with Gasteiger partial charge in [0.25, 0.3) is 11.7 Å². The average Bonchev–Trinajstić information content (AvgIpc) is 3.26. The van der Waals surface area contributed by atoms with E-state index in [9.17, 15) is 48.8 Å². The minimum atomic E-state index is -2.45. The zero-order valence-electron chi connectivity index (χ0n) is 39.3. The largest absolute Gasteiger partial charge is 0.460 e. The molecule has 13 nitrogen and oxygen atoms in total. The van der Waals surface area contributed by atoms with Crippen molar-refractivity contribution in [2.75, 3.05) is 20.3 Å². The lowest BCUT2D eigenvalue weighted by molar-refractivity contribution is -0.265. The Morgan fingerprint density at radius 1 is 0.922 bits per heavy atom. The number of Topliss-reactive ketones (excluding diaryl/α,β-unsaturated/α-hetero) is 3. The number of hydrogen-bond donors (Lipinski definition) is 4. The number of alkyl halides is 1. The lowest BCUT2D eigenvalue weighted by atomic mass is 9.79. The summed E-state index contributed by atoms with van der Waals surface area (Å²) in [7, 11) is 1.56. The normalized spacial score (nSPS) is 40.9. The minimum absolute atomic E-state index is 0.0188. The summed E-state index contributed by atoms with van der Waals surface area (Å²) in [6.45, 7) is 11.8. The Hall–Kier alpha value is -3.40. The van der Waals surface area contributed by atoms with Crippen LogP contribution >= 0.6 is 0 Å². The van der Waals surface area contributed by atoms with Gasteiger partial charge in [-0.2, -0.15) is 0 Å². The maximum atomic E-state index is 14.7. The third kappa shape index (κ3) is 13.8. The monoisotopic (exact) mass is 902 g/mol. The molecule has 0 spiro atoms. The van der Waals surface area contributed by atoms with E-state index in [1.807, 2.05) is 51.2 Å². The standard InChI is InChI=1S/C50H76FNO12/c1-29-14-10-9-11-15-30(2)43(62-8)26-37-19-17-35(7)50(61,64-37)47(58)48(59)52-21-13-12-16-40(52)49(60)63-44(32(4)24-36-18-20-41(54)39(51)25-36)27-42(55)31(3)23-34(6)46(57)38(28-53)45(56)33(5)22-29/h9-11,14-15,23,29,31-33,35-41,43-44,46,53-54,57,61H,12-13,16-22,24-28H2,1-8H3/b11-9+,14-10+,30-15+,34-23+/t29-,31-,32-,33-,35-,36+,37+,38+,39-,40+,41-,43+,44+,46-,50-/m1/s1. The van der Waals surface area contributed by atoms with Crippen LogP contribution in [-0.2, 0) is 38.2 Å². The number of aliphatic hydroxyl groups is 4. The summed E-state index contributed by atoms with van der Waals surface area (Å²) in [6.07, 6.45) is 9.02. The lowest BCUT2D eigenvalue weighted by Crippen LogP contribution is -2.61. The highest BCUT2D eigenvalue weighted by Crippen LogP contribution is 2.38. The van der Waals surface area contributed by atoms with Crippen molar-refractivity contribution in [3.8, 4) is 0 Å². The molecule has 4 N–H and O–H groups in total. The highest BCUT2D eigenvalue weighted by Gasteiger charge is 2.53. The van der Waals surface area contributed by atoms with Crippen LogP contribution in [-0.4, -0.2) is 123 Å². The molecule has 0 aromatic carbocycles. The number of halogens is 1. The van der Waals surface area contributed by atoms with Crippen molar-refractivity contribution < 1.29 is 63.0 Å². The molecule has 1 amide bonds. The van der Waals surface area contributed by atoms with Crippen LogP contribution in [0.25, 0.3) is 0 Å². The lowest BCUT2D eigenvalue weighted by Gasteiger charge is -2.42. The molecule has 64 heavy (non-hydrogen) atoms. The predicted octanol–water partition coefficient (Wildman–Crippen LogP) is 6.10. The van der Waals surface area contributed by atoms with Crippen molar-refractivity contribution in [1.29, 1.82) is 0 Å². The fraction of sp³-hybridized carbons (Fsp3) is 0.740. The van der Waals surface area contributed by atoms with E-state index in [0.717, 1.165) is 10.5 Å². The van der Waals surface area contributed by atoms with Crippen LogP contribution in [0.15, 0.2) is 47.6 Å². The SMILES string of the molecule is CO[C@H]1C[C@@H]2CC[C@@H](C)[C@@](O)(O2)C(=O)C(=O)N2CCCC[C@H]2C(=O)O[C@H]([C@H](C)C[C@@H]2CC[C@@H](O)[C@H](F)C2)CC(=O)[C@H](C)/C=C(\C)[C@@H](O)[C@@H](CO)C(=O)[C@H](C)C[C@H](C)/C=C/C=C/C=C/1C. The van der Waals surface area contributed by atoms with Crippen LogP contribution in [0.4, 0.5) is 4.39 Å². The van der Waals surface area contributed by atoms with Gasteiger partial charge in [0, 0.05) is 44.2 Å². The molecule has 2 bridgehead atoms. The quantitative estimate of drug-likeness (QED) is 0.141. The first-order valence-corrected chi connectivity index (χ1v) is 23.6. The molecule has 360 valence electrons. The molecule has 3 heterocycles. The van der Waals surface area contributed by atoms with Gasteiger partial charge >= 0.3 is 5.97 Å². The highest BCUT2D eigenvalue weighted by molar-refractivity contribution is 6.39. The van der Waals surface area contributed by atoms with Crippen LogP contribution in [0.1, 0.15) is 126 Å². The van der Waals surface area contributed by atoms with Crippen molar-refractivity contribution in [2.24, 2.45) is 41.4 Å². The van der Waals surface area contributed by atoms with Crippen molar-refractivity contribution >= 4 is 29.2 Å². The van der Waals surface area contributed by atoms with E-state index < -0.39 is 102 Å². The van der Waals surface area contributed by atoms with E-state index in [1.54, 1.807) is 40.9 Å². The second-order valence-electron chi connectivity index (χ2n) is 19.5.